The second kappa shape index (κ2) is 14.7. The highest BCUT2D eigenvalue weighted by molar-refractivity contribution is 5.97. The molecule has 3 amide bonds. The number of hydrogen-bond donors (Lipinski definition) is 3. The largest absolute Gasteiger partial charge is 0.342 e. The van der Waals surface area contributed by atoms with Crippen LogP contribution in [-0.4, -0.2) is 71.3 Å². The summed E-state index contributed by atoms with van der Waals surface area (Å²) in [5.74, 6) is -0.158. The highest BCUT2D eigenvalue weighted by atomic mass is 16.2. The van der Waals surface area contributed by atoms with Crippen molar-refractivity contribution in [3.05, 3.63) is 108 Å². The quantitative estimate of drug-likeness (QED) is 0.215. The number of piperidine rings is 1. The molecule has 2 aliphatic heterocycles. The number of amides is 3. The number of piperazine rings is 1. The maximum Gasteiger partial charge on any atom is 0.246 e. The van der Waals surface area contributed by atoms with Gasteiger partial charge in [0.25, 0.3) is 0 Å². The van der Waals surface area contributed by atoms with Crippen LogP contribution in [0.5, 0.6) is 0 Å². The summed E-state index contributed by atoms with van der Waals surface area (Å²) in [5, 5.41) is 8.66. The van der Waals surface area contributed by atoms with E-state index < -0.39 is 17.6 Å². The van der Waals surface area contributed by atoms with E-state index in [0.29, 0.717) is 18.9 Å². The van der Waals surface area contributed by atoms with Crippen LogP contribution in [0, 0.1) is 5.92 Å². The van der Waals surface area contributed by atoms with Crippen LogP contribution in [-0.2, 0) is 27.3 Å². The second-order valence-corrected chi connectivity index (χ2v) is 14.1. The minimum Gasteiger partial charge on any atom is -0.342 e. The first-order valence-electron chi connectivity index (χ1n) is 17.1. The SMILES string of the molecule is CC(C)(N)CC(=O)N(CC1CCNCC1)C[C@H]1C(=O)N[C@@H](Cc2ccc3ccccc3c2)C(=O)N1Cc1ccc(-c2ccccc2)cc1. The fourth-order valence-corrected chi connectivity index (χ4v) is 6.93. The monoisotopic (exact) mass is 645 g/mol. The Morgan fingerprint density at radius 1 is 0.833 bits per heavy atom. The van der Waals surface area contributed by atoms with Gasteiger partial charge in [0.15, 0.2) is 0 Å². The lowest BCUT2D eigenvalue weighted by molar-refractivity contribution is -0.152. The van der Waals surface area contributed by atoms with Gasteiger partial charge in [-0.1, -0.05) is 97.1 Å². The van der Waals surface area contributed by atoms with E-state index in [1.165, 1.54) is 0 Å². The molecule has 4 aromatic carbocycles. The summed E-state index contributed by atoms with van der Waals surface area (Å²) < 4.78 is 0. The van der Waals surface area contributed by atoms with E-state index >= 15 is 0 Å². The first-order valence-corrected chi connectivity index (χ1v) is 17.1. The van der Waals surface area contributed by atoms with Crippen molar-refractivity contribution < 1.29 is 14.4 Å². The minimum absolute atomic E-state index is 0.0910. The minimum atomic E-state index is -0.828. The number of nitrogens with zero attached hydrogens (tertiary/aromatic N) is 2. The number of fused-ring (bicyclic) bond motifs is 1. The second-order valence-electron chi connectivity index (χ2n) is 14.1. The number of benzene rings is 4. The number of carbonyl (C=O) groups is 3. The third-order valence-corrected chi connectivity index (χ3v) is 9.53. The number of nitrogens with two attached hydrogens (primary N) is 1. The van der Waals surface area contributed by atoms with Crippen LogP contribution in [0.3, 0.4) is 0 Å². The van der Waals surface area contributed by atoms with Crippen LogP contribution in [0.25, 0.3) is 21.9 Å². The van der Waals surface area contributed by atoms with Crippen molar-refractivity contribution in [2.24, 2.45) is 11.7 Å². The molecule has 2 heterocycles. The van der Waals surface area contributed by atoms with E-state index in [1.807, 2.05) is 62.4 Å². The summed E-state index contributed by atoms with van der Waals surface area (Å²) in [5.41, 5.74) is 9.69. The van der Waals surface area contributed by atoms with E-state index in [1.54, 1.807) is 9.80 Å². The Bertz CT molecular complexity index is 1730. The predicted octanol–water partition coefficient (Wildman–Crippen LogP) is 4.90. The van der Waals surface area contributed by atoms with Gasteiger partial charge >= 0.3 is 0 Å². The summed E-state index contributed by atoms with van der Waals surface area (Å²) in [6.07, 6.45) is 2.45. The molecule has 0 saturated carbocycles. The molecule has 0 aliphatic carbocycles. The average Bonchev–Trinajstić information content (AvgIpc) is 3.08. The zero-order valence-corrected chi connectivity index (χ0v) is 28.0. The maximum atomic E-state index is 14.4. The Labute approximate surface area is 283 Å². The molecule has 0 unspecified atom stereocenters. The molecule has 2 aliphatic rings. The molecule has 6 rings (SSSR count). The van der Waals surface area contributed by atoms with Crippen molar-refractivity contribution in [3.8, 4) is 11.1 Å². The van der Waals surface area contributed by atoms with Gasteiger partial charge < -0.3 is 26.2 Å². The zero-order chi connectivity index (χ0) is 33.7. The van der Waals surface area contributed by atoms with Crippen molar-refractivity contribution >= 4 is 28.5 Å². The van der Waals surface area contributed by atoms with Gasteiger partial charge in [0.05, 0.1) is 6.54 Å². The molecule has 250 valence electrons. The molecule has 4 aromatic rings. The van der Waals surface area contributed by atoms with Crippen LogP contribution in [0.2, 0.25) is 0 Å². The fraction of sp³-hybridized carbons (Fsp3) is 0.375. The van der Waals surface area contributed by atoms with Crippen LogP contribution < -0.4 is 16.4 Å². The van der Waals surface area contributed by atoms with E-state index in [0.717, 1.165) is 59.0 Å². The topological polar surface area (TPSA) is 108 Å². The summed E-state index contributed by atoms with van der Waals surface area (Å²) >= 11 is 0. The van der Waals surface area contributed by atoms with Gasteiger partial charge in [0.1, 0.15) is 12.1 Å². The van der Waals surface area contributed by atoms with Crippen LogP contribution in [0.4, 0.5) is 0 Å². The molecular weight excluding hydrogens is 598 g/mol. The number of carbonyl (C=O) groups excluding carboxylic acids is 3. The molecule has 0 aromatic heterocycles. The Morgan fingerprint density at radius 3 is 2.19 bits per heavy atom. The molecule has 0 bridgehead atoms. The number of hydrogen-bond acceptors (Lipinski definition) is 5. The predicted molar refractivity (Wildman–Crippen MR) is 191 cm³/mol. The van der Waals surface area contributed by atoms with Crippen LogP contribution >= 0.6 is 0 Å². The summed E-state index contributed by atoms with van der Waals surface area (Å²) in [6.45, 7) is 6.41. The number of nitrogens with one attached hydrogen (secondary N) is 2. The van der Waals surface area contributed by atoms with Gasteiger partial charge in [0.2, 0.25) is 17.7 Å². The van der Waals surface area contributed by atoms with Gasteiger partial charge in [-0.15, -0.1) is 0 Å². The first kappa shape index (κ1) is 33.4. The third-order valence-electron chi connectivity index (χ3n) is 9.53. The van der Waals surface area contributed by atoms with E-state index in [-0.39, 0.29) is 37.2 Å². The van der Waals surface area contributed by atoms with Crippen LogP contribution in [0.15, 0.2) is 97.1 Å². The van der Waals surface area contributed by atoms with Gasteiger partial charge in [-0.05, 0) is 78.7 Å². The van der Waals surface area contributed by atoms with Gasteiger partial charge in [-0.3, -0.25) is 14.4 Å². The lowest BCUT2D eigenvalue weighted by Gasteiger charge is -2.42. The molecule has 2 saturated heterocycles. The Morgan fingerprint density at radius 2 is 1.48 bits per heavy atom. The van der Waals surface area contributed by atoms with E-state index in [4.69, 9.17) is 5.73 Å². The summed E-state index contributed by atoms with van der Waals surface area (Å²) in [7, 11) is 0. The normalized spacial score (nSPS) is 18.9. The van der Waals surface area contributed by atoms with Crippen molar-refractivity contribution in [3.63, 3.8) is 0 Å². The lowest BCUT2D eigenvalue weighted by atomic mass is 9.94. The Kier molecular flexibility index (Phi) is 10.2. The van der Waals surface area contributed by atoms with Crippen LogP contribution in [0.1, 0.15) is 44.2 Å². The molecule has 4 N–H and O–H groups in total. The van der Waals surface area contributed by atoms with E-state index in [2.05, 4.69) is 59.2 Å². The van der Waals surface area contributed by atoms with Gasteiger partial charge in [0, 0.05) is 31.5 Å². The maximum absolute atomic E-state index is 14.4. The molecular formula is C40H47N5O3. The Hall–Kier alpha value is -4.53. The standard InChI is InChI=1S/C40H47N5O3/c1-40(2,41)24-37(46)44(25-29-18-20-42-21-19-29)27-36-38(47)43-35(23-30-14-17-32-10-6-7-11-34(32)22-30)39(48)45(36)26-28-12-15-33(16-13-28)31-8-4-3-5-9-31/h3-17,22,29,35-36,42H,18-21,23-27,41H2,1-2H3,(H,43,47)/t35-,36-/m0/s1. The molecule has 2 fully saturated rings. The van der Waals surface area contributed by atoms with Crippen molar-refractivity contribution in [1.82, 2.24) is 20.4 Å². The van der Waals surface area contributed by atoms with Crippen molar-refractivity contribution in [2.45, 2.75) is 63.7 Å². The van der Waals surface area contributed by atoms with Gasteiger partial charge in [-0.2, -0.15) is 0 Å². The highest BCUT2D eigenvalue weighted by Gasteiger charge is 2.42. The van der Waals surface area contributed by atoms with E-state index in [9.17, 15) is 14.4 Å². The molecule has 0 radical (unpaired) electrons. The smallest absolute Gasteiger partial charge is 0.246 e. The summed E-state index contributed by atoms with van der Waals surface area (Å²) in [4.78, 5) is 45.7. The third kappa shape index (κ3) is 8.30. The summed E-state index contributed by atoms with van der Waals surface area (Å²) in [6, 6.07) is 31.0. The Balaban J connectivity index is 1.28. The number of rotatable bonds is 11. The highest BCUT2D eigenvalue weighted by Crippen LogP contribution is 2.25. The van der Waals surface area contributed by atoms with Crippen molar-refractivity contribution in [2.75, 3.05) is 26.2 Å². The molecule has 2 atom stereocenters. The molecule has 48 heavy (non-hydrogen) atoms. The fourth-order valence-electron chi connectivity index (χ4n) is 6.93. The molecule has 0 spiro atoms. The first-order chi connectivity index (χ1) is 23.1. The molecule has 8 nitrogen and oxygen atoms in total. The van der Waals surface area contributed by atoms with Gasteiger partial charge in [-0.25, -0.2) is 0 Å². The zero-order valence-electron chi connectivity index (χ0n) is 28.0. The average molecular weight is 646 g/mol. The molecule has 8 heteroatoms. The lowest BCUT2D eigenvalue weighted by Crippen LogP contribution is -2.66. The van der Waals surface area contributed by atoms with Crippen molar-refractivity contribution in [1.29, 1.82) is 0 Å².